The number of halogens is 2. The third kappa shape index (κ3) is 4.54. The molecule has 0 saturated carbocycles. The molecular formula is C28H25ClFN3O3. The van der Waals surface area contributed by atoms with Crippen LogP contribution in [-0.2, 0) is 6.54 Å². The molecule has 2 N–H and O–H groups in total. The molecule has 1 amide bonds. The maximum Gasteiger partial charge on any atom is 0.273 e. The summed E-state index contributed by atoms with van der Waals surface area (Å²) in [6.07, 6.45) is 2.01. The maximum absolute atomic E-state index is 13.6. The molecule has 8 heteroatoms. The van der Waals surface area contributed by atoms with Gasteiger partial charge >= 0.3 is 0 Å². The van der Waals surface area contributed by atoms with E-state index in [1.54, 1.807) is 29.2 Å². The average Bonchev–Trinajstić information content (AvgIpc) is 3.42. The molecule has 2 heterocycles. The number of carbonyl (C=O) groups excluding carboxylic acids is 1. The van der Waals surface area contributed by atoms with Gasteiger partial charge in [-0.25, -0.2) is 4.39 Å². The molecule has 0 radical (unpaired) electrons. The Hall–Kier alpha value is -3.84. The van der Waals surface area contributed by atoms with Crippen LogP contribution in [0.3, 0.4) is 0 Å². The largest absolute Gasteiger partial charge is 0.507 e. The van der Waals surface area contributed by atoms with Gasteiger partial charge in [-0.3, -0.25) is 9.89 Å². The molecule has 0 aliphatic carbocycles. The number of amides is 1. The zero-order valence-corrected chi connectivity index (χ0v) is 20.4. The zero-order chi connectivity index (χ0) is 25.2. The third-order valence-corrected chi connectivity index (χ3v) is 6.54. The van der Waals surface area contributed by atoms with Crippen molar-refractivity contribution >= 4 is 17.5 Å². The van der Waals surface area contributed by atoms with Crippen LogP contribution in [0.1, 0.15) is 53.0 Å². The van der Waals surface area contributed by atoms with Crippen LogP contribution in [0.4, 0.5) is 4.39 Å². The molecule has 0 saturated heterocycles. The number of fused-ring (bicyclic) bond motifs is 1. The number of hydrogen-bond acceptors (Lipinski definition) is 4. The van der Waals surface area contributed by atoms with Gasteiger partial charge in [0.15, 0.2) is 0 Å². The normalized spacial score (nSPS) is 14.8. The van der Waals surface area contributed by atoms with Gasteiger partial charge in [0, 0.05) is 22.7 Å². The number of phenols is 1. The molecule has 4 aromatic rings. The van der Waals surface area contributed by atoms with Crippen LogP contribution in [-0.4, -0.2) is 32.7 Å². The number of aromatic amines is 1. The lowest BCUT2D eigenvalue weighted by Crippen LogP contribution is -2.29. The number of H-pyrrole nitrogens is 1. The van der Waals surface area contributed by atoms with Gasteiger partial charge in [0.25, 0.3) is 5.91 Å². The van der Waals surface area contributed by atoms with E-state index in [-0.39, 0.29) is 24.0 Å². The lowest BCUT2D eigenvalue weighted by molar-refractivity contribution is 0.0730. The highest BCUT2D eigenvalue weighted by Gasteiger charge is 2.42. The van der Waals surface area contributed by atoms with Crippen molar-refractivity contribution in [3.63, 3.8) is 0 Å². The first-order valence-corrected chi connectivity index (χ1v) is 12.2. The molecule has 3 aromatic carbocycles. The summed E-state index contributed by atoms with van der Waals surface area (Å²) in [5.41, 5.74) is 3.53. The predicted molar refractivity (Wildman–Crippen MR) is 136 cm³/mol. The van der Waals surface area contributed by atoms with Crippen LogP contribution in [0.5, 0.6) is 11.5 Å². The summed E-state index contributed by atoms with van der Waals surface area (Å²) in [4.78, 5) is 15.3. The van der Waals surface area contributed by atoms with Crippen molar-refractivity contribution in [1.82, 2.24) is 15.1 Å². The Kier molecular flexibility index (Phi) is 6.65. The van der Waals surface area contributed by atoms with Crippen molar-refractivity contribution in [1.29, 1.82) is 0 Å². The average molecular weight is 506 g/mol. The van der Waals surface area contributed by atoms with E-state index >= 15 is 0 Å². The van der Waals surface area contributed by atoms with Gasteiger partial charge in [0.1, 0.15) is 28.7 Å². The van der Waals surface area contributed by atoms with Crippen LogP contribution >= 0.6 is 11.6 Å². The third-order valence-electron chi connectivity index (χ3n) is 6.31. The molecule has 1 aromatic heterocycles. The lowest BCUT2D eigenvalue weighted by atomic mass is 9.95. The summed E-state index contributed by atoms with van der Waals surface area (Å²) in [5, 5.41) is 18.3. The Morgan fingerprint density at radius 2 is 1.86 bits per heavy atom. The van der Waals surface area contributed by atoms with Crippen molar-refractivity contribution in [3.05, 3.63) is 100.0 Å². The number of rotatable bonds is 8. The molecule has 1 aliphatic rings. The summed E-state index contributed by atoms with van der Waals surface area (Å²) < 4.78 is 19.3. The first-order valence-electron chi connectivity index (χ1n) is 11.8. The van der Waals surface area contributed by atoms with Gasteiger partial charge in [-0.05, 0) is 60.0 Å². The summed E-state index contributed by atoms with van der Waals surface area (Å²) in [7, 11) is 0. The Morgan fingerprint density at radius 3 is 2.58 bits per heavy atom. The fourth-order valence-electron chi connectivity index (χ4n) is 4.48. The Morgan fingerprint density at radius 1 is 1.11 bits per heavy atom. The highest BCUT2D eigenvalue weighted by molar-refractivity contribution is 6.31. The fourth-order valence-corrected chi connectivity index (χ4v) is 4.65. The van der Waals surface area contributed by atoms with Crippen LogP contribution < -0.4 is 4.74 Å². The fraction of sp³-hybridized carbons (Fsp3) is 0.214. The molecule has 5 rings (SSSR count). The minimum absolute atomic E-state index is 0.0107. The number of unbranched alkanes of at least 4 members (excludes halogenated alkanes) is 1. The number of phenolic OH excluding ortho intramolecular Hbond substituents is 1. The highest BCUT2D eigenvalue weighted by atomic mass is 35.5. The van der Waals surface area contributed by atoms with E-state index in [0.29, 0.717) is 34.1 Å². The van der Waals surface area contributed by atoms with E-state index in [1.807, 2.05) is 24.3 Å². The molecule has 0 spiro atoms. The van der Waals surface area contributed by atoms with Crippen LogP contribution in [0, 0.1) is 5.82 Å². The predicted octanol–water partition coefficient (Wildman–Crippen LogP) is 6.50. The number of benzene rings is 3. The Bertz CT molecular complexity index is 1390. The number of ether oxygens (including phenoxy) is 1. The summed E-state index contributed by atoms with van der Waals surface area (Å²) in [5.74, 6) is 0.191. The standard InChI is InChI=1S/C28H25ClFN3O3/c1-2-3-14-36-21-11-6-18(7-12-21)27-24-25(22-15-19(29)8-13-23(22)34)31-32-26(24)28(35)33(27)16-17-4-9-20(30)10-5-17/h4-13,15,27,34H,2-3,14,16H2,1H3,(H,31,32). The number of aromatic nitrogens is 2. The zero-order valence-electron chi connectivity index (χ0n) is 19.7. The smallest absolute Gasteiger partial charge is 0.273 e. The molecule has 0 bridgehead atoms. The van der Waals surface area contributed by atoms with Gasteiger partial charge < -0.3 is 14.7 Å². The van der Waals surface area contributed by atoms with Gasteiger partial charge in [0.05, 0.1) is 12.6 Å². The van der Waals surface area contributed by atoms with Gasteiger partial charge in [0.2, 0.25) is 0 Å². The number of nitrogens with one attached hydrogen (secondary N) is 1. The second-order valence-electron chi connectivity index (χ2n) is 8.76. The van der Waals surface area contributed by atoms with Crippen LogP contribution in [0.15, 0.2) is 66.7 Å². The highest BCUT2D eigenvalue weighted by Crippen LogP contribution is 2.45. The SMILES string of the molecule is CCCCOc1ccc(C2c3c(-c4cc(Cl)ccc4O)n[nH]c3C(=O)N2Cc2ccc(F)cc2)cc1. The molecule has 184 valence electrons. The molecule has 0 fully saturated rings. The van der Waals surface area contributed by atoms with E-state index in [4.69, 9.17) is 16.3 Å². The Labute approximate surface area is 213 Å². The first-order chi connectivity index (χ1) is 17.5. The van der Waals surface area contributed by atoms with Gasteiger partial charge in [-0.1, -0.05) is 49.2 Å². The van der Waals surface area contributed by atoms with Crippen molar-refractivity contribution in [2.24, 2.45) is 0 Å². The van der Waals surface area contributed by atoms with Crippen molar-refractivity contribution in [2.75, 3.05) is 6.61 Å². The second kappa shape index (κ2) is 10.0. The summed E-state index contributed by atoms with van der Waals surface area (Å²) >= 11 is 6.21. The minimum atomic E-state index is -0.491. The summed E-state index contributed by atoms with van der Waals surface area (Å²) in [6.45, 7) is 3.01. The topological polar surface area (TPSA) is 78.5 Å². The molecule has 6 nitrogen and oxygen atoms in total. The van der Waals surface area contributed by atoms with Gasteiger partial charge in [-0.15, -0.1) is 0 Å². The number of nitrogens with zero attached hydrogens (tertiary/aromatic N) is 2. The van der Waals surface area contributed by atoms with E-state index in [1.165, 1.54) is 18.2 Å². The van der Waals surface area contributed by atoms with Crippen molar-refractivity contribution in [2.45, 2.75) is 32.4 Å². The van der Waals surface area contributed by atoms with Crippen molar-refractivity contribution in [3.8, 4) is 22.8 Å². The Balaban J connectivity index is 1.58. The van der Waals surface area contributed by atoms with Crippen molar-refractivity contribution < 1.29 is 19.0 Å². The summed E-state index contributed by atoms with van der Waals surface area (Å²) in [6, 6.07) is 18.0. The molecule has 1 unspecified atom stereocenters. The number of carbonyl (C=O) groups is 1. The van der Waals surface area contributed by atoms with Crippen LogP contribution in [0.2, 0.25) is 5.02 Å². The maximum atomic E-state index is 13.6. The van der Waals surface area contributed by atoms with Gasteiger partial charge in [-0.2, -0.15) is 5.10 Å². The second-order valence-corrected chi connectivity index (χ2v) is 9.19. The quantitative estimate of drug-likeness (QED) is 0.268. The number of aromatic hydroxyl groups is 1. The molecule has 1 aliphatic heterocycles. The lowest BCUT2D eigenvalue weighted by Gasteiger charge is -2.27. The van der Waals surface area contributed by atoms with E-state index in [2.05, 4.69) is 17.1 Å². The van der Waals surface area contributed by atoms with Crippen LogP contribution in [0.25, 0.3) is 11.3 Å². The van der Waals surface area contributed by atoms with E-state index in [0.717, 1.165) is 29.7 Å². The molecular weight excluding hydrogens is 481 g/mol. The van der Waals surface area contributed by atoms with E-state index in [9.17, 15) is 14.3 Å². The minimum Gasteiger partial charge on any atom is -0.507 e. The monoisotopic (exact) mass is 505 g/mol. The molecule has 36 heavy (non-hydrogen) atoms. The molecule has 1 atom stereocenters. The number of hydrogen-bond donors (Lipinski definition) is 2. The first kappa shape index (κ1) is 23.9. The van der Waals surface area contributed by atoms with E-state index < -0.39 is 6.04 Å².